The first-order valence-electron chi connectivity index (χ1n) is 12.2. The third-order valence-electron chi connectivity index (χ3n) is 5.72. The summed E-state index contributed by atoms with van der Waals surface area (Å²) in [5, 5.41) is 0. The molecule has 0 bridgehead atoms. The second-order valence-corrected chi connectivity index (χ2v) is 10.0. The van der Waals surface area contributed by atoms with Crippen molar-refractivity contribution in [3.05, 3.63) is 35.9 Å². The van der Waals surface area contributed by atoms with Crippen LogP contribution in [0, 0.1) is 0 Å². The summed E-state index contributed by atoms with van der Waals surface area (Å²) in [4.78, 5) is 0. The first-order valence-corrected chi connectivity index (χ1v) is 13.7. The second kappa shape index (κ2) is 22.3. The quantitative estimate of drug-likeness (QED) is 0.127. The standard InChI is InChI=1S/C16H36N.C10H15IN.2ClH/c1-5-9-13-17(14-10-6-2,15-11-7-3)16-12-8-4;1-12(2,9-11)8-10-6-4-3-5-7-10;;/h5-16H2,1-4H3;3-7H,8-9H2,1-2H3;2*1H/q2*+1;;/p-2. The summed E-state index contributed by atoms with van der Waals surface area (Å²) in [5.74, 6) is 0. The van der Waals surface area contributed by atoms with Gasteiger partial charge >= 0.3 is 0 Å². The highest BCUT2D eigenvalue weighted by Crippen LogP contribution is 2.16. The zero-order valence-corrected chi connectivity index (χ0v) is 25.0. The van der Waals surface area contributed by atoms with Crippen LogP contribution in [-0.2, 0) is 6.54 Å². The molecule has 0 heterocycles. The number of hydrogen-bond acceptors (Lipinski definition) is 0. The third kappa shape index (κ3) is 18.6. The van der Waals surface area contributed by atoms with Gasteiger partial charge in [0, 0.05) is 5.56 Å². The largest absolute Gasteiger partial charge is 1.00 e. The molecule has 1 aromatic rings. The number of quaternary nitrogens is 2. The van der Waals surface area contributed by atoms with Crippen LogP contribution in [0.15, 0.2) is 30.3 Å². The van der Waals surface area contributed by atoms with Crippen molar-refractivity contribution in [2.24, 2.45) is 0 Å². The minimum atomic E-state index is 0. The predicted octanol–water partition coefficient (Wildman–Crippen LogP) is 1.67. The summed E-state index contributed by atoms with van der Waals surface area (Å²) < 4.78 is 3.61. The van der Waals surface area contributed by atoms with Crippen LogP contribution in [-0.4, -0.2) is 53.8 Å². The van der Waals surface area contributed by atoms with Gasteiger partial charge in [-0.3, -0.25) is 0 Å². The highest BCUT2D eigenvalue weighted by molar-refractivity contribution is 14.1. The van der Waals surface area contributed by atoms with E-state index in [1.807, 2.05) is 0 Å². The van der Waals surface area contributed by atoms with Crippen molar-refractivity contribution in [3.8, 4) is 0 Å². The Kier molecular flexibility index (Phi) is 25.9. The minimum Gasteiger partial charge on any atom is -1.00 e. The Labute approximate surface area is 221 Å². The number of benzene rings is 1. The molecule has 0 spiro atoms. The SMILES string of the molecule is CCCC[N+](CCCC)(CCCC)CCCC.C[N+](C)(CI)Cc1ccccc1.[Cl-].[Cl-]. The van der Waals surface area contributed by atoms with Crippen LogP contribution in [0.5, 0.6) is 0 Å². The lowest BCUT2D eigenvalue weighted by atomic mass is 10.1. The molecule has 186 valence electrons. The van der Waals surface area contributed by atoms with Crippen molar-refractivity contribution >= 4 is 22.6 Å². The van der Waals surface area contributed by atoms with Crippen molar-refractivity contribution in [2.45, 2.75) is 85.6 Å². The molecule has 1 rings (SSSR count). The van der Waals surface area contributed by atoms with Crippen LogP contribution in [0.4, 0.5) is 0 Å². The van der Waals surface area contributed by atoms with Gasteiger partial charge in [0.25, 0.3) is 0 Å². The van der Waals surface area contributed by atoms with E-state index in [2.05, 4.69) is 94.7 Å². The van der Waals surface area contributed by atoms with Crippen molar-refractivity contribution in [3.63, 3.8) is 0 Å². The Morgan fingerprint density at radius 1 is 0.645 bits per heavy atom. The van der Waals surface area contributed by atoms with Crippen LogP contribution in [0.25, 0.3) is 0 Å². The molecule has 5 heteroatoms. The van der Waals surface area contributed by atoms with Gasteiger partial charge in [0.15, 0.2) is 0 Å². The van der Waals surface area contributed by atoms with Gasteiger partial charge in [0.05, 0.1) is 40.3 Å². The van der Waals surface area contributed by atoms with E-state index in [0.29, 0.717) is 0 Å². The summed E-state index contributed by atoms with van der Waals surface area (Å²) in [6.07, 6.45) is 11.1. The molecule has 0 N–H and O–H groups in total. The van der Waals surface area contributed by atoms with Gasteiger partial charge in [-0.15, -0.1) is 0 Å². The minimum absolute atomic E-state index is 0. The lowest BCUT2D eigenvalue weighted by Crippen LogP contribution is -3.00. The lowest BCUT2D eigenvalue weighted by molar-refractivity contribution is -0.929. The molecule has 0 aliphatic rings. The average Bonchev–Trinajstić information content (AvgIpc) is 2.73. The number of nitrogens with zero attached hydrogens (tertiary/aromatic N) is 2. The normalized spacial score (nSPS) is 11.1. The van der Waals surface area contributed by atoms with Crippen LogP contribution in [0.1, 0.15) is 84.6 Å². The van der Waals surface area contributed by atoms with Crippen LogP contribution in [0.3, 0.4) is 0 Å². The Morgan fingerprint density at radius 2 is 1.00 bits per heavy atom. The van der Waals surface area contributed by atoms with Gasteiger partial charge in [0.2, 0.25) is 0 Å². The van der Waals surface area contributed by atoms with E-state index < -0.39 is 0 Å². The van der Waals surface area contributed by atoms with E-state index in [-0.39, 0.29) is 24.8 Å². The summed E-state index contributed by atoms with van der Waals surface area (Å²) in [6.45, 7) is 16.1. The lowest BCUT2D eigenvalue weighted by Gasteiger charge is -2.39. The van der Waals surface area contributed by atoms with E-state index in [1.165, 1.54) is 87.6 Å². The molecular weight excluding hydrogens is 538 g/mol. The second-order valence-electron chi connectivity index (χ2n) is 9.35. The fraction of sp³-hybridized carbons (Fsp3) is 0.769. The monoisotopic (exact) mass is 588 g/mol. The van der Waals surface area contributed by atoms with Gasteiger partial charge in [-0.25, -0.2) is 0 Å². The molecule has 0 unspecified atom stereocenters. The molecule has 2 nitrogen and oxygen atoms in total. The molecular formula is C26H51Cl2IN2. The highest BCUT2D eigenvalue weighted by atomic mass is 127. The number of halogens is 3. The van der Waals surface area contributed by atoms with Crippen LogP contribution >= 0.6 is 22.6 Å². The zero-order valence-electron chi connectivity index (χ0n) is 21.3. The van der Waals surface area contributed by atoms with Gasteiger partial charge < -0.3 is 33.8 Å². The van der Waals surface area contributed by atoms with Crippen molar-refractivity contribution in [2.75, 3.05) is 44.8 Å². The van der Waals surface area contributed by atoms with Gasteiger partial charge in [-0.2, -0.15) is 0 Å². The summed E-state index contributed by atoms with van der Waals surface area (Å²) in [5.41, 5.74) is 1.42. The first kappa shape index (κ1) is 36.0. The van der Waals surface area contributed by atoms with Crippen LogP contribution < -0.4 is 24.8 Å². The van der Waals surface area contributed by atoms with Gasteiger partial charge in [0.1, 0.15) is 11.1 Å². The van der Waals surface area contributed by atoms with E-state index in [1.54, 1.807) is 0 Å². The molecule has 0 saturated heterocycles. The Bertz CT molecular complexity index is 446. The fourth-order valence-electron chi connectivity index (χ4n) is 3.76. The van der Waals surface area contributed by atoms with E-state index in [9.17, 15) is 0 Å². The Hall–Kier alpha value is 0.450. The average molecular weight is 590 g/mol. The number of rotatable bonds is 15. The third-order valence-corrected chi connectivity index (χ3v) is 7.57. The van der Waals surface area contributed by atoms with Crippen molar-refractivity contribution in [1.29, 1.82) is 0 Å². The van der Waals surface area contributed by atoms with E-state index in [0.717, 1.165) is 15.6 Å². The number of hydrogen-bond donors (Lipinski definition) is 0. The van der Waals surface area contributed by atoms with E-state index in [4.69, 9.17) is 0 Å². The number of unbranched alkanes of at least 4 members (excludes halogenated alkanes) is 4. The molecule has 0 fully saturated rings. The molecule has 0 amide bonds. The molecule has 0 saturated carbocycles. The number of alkyl halides is 1. The maximum atomic E-state index is 2.43. The topological polar surface area (TPSA) is 0 Å². The maximum Gasteiger partial charge on any atom is 0.129 e. The molecule has 0 radical (unpaired) electrons. The highest BCUT2D eigenvalue weighted by Gasteiger charge is 2.24. The Morgan fingerprint density at radius 3 is 1.29 bits per heavy atom. The zero-order chi connectivity index (χ0) is 22.0. The Balaban J connectivity index is -0.000000497. The smallest absolute Gasteiger partial charge is 0.129 e. The summed E-state index contributed by atoms with van der Waals surface area (Å²) in [7, 11) is 4.50. The van der Waals surface area contributed by atoms with Crippen LogP contribution in [0.2, 0.25) is 0 Å². The van der Waals surface area contributed by atoms with Gasteiger partial charge in [-0.1, -0.05) is 83.7 Å². The van der Waals surface area contributed by atoms with E-state index >= 15 is 0 Å². The fourth-order valence-corrected chi connectivity index (χ4v) is 4.01. The molecule has 0 aromatic heterocycles. The molecule has 31 heavy (non-hydrogen) atoms. The molecule has 0 aliphatic heterocycles. The molecule has 0 atom stereocenters. The predicted molar refractivity (Wildman–Crippen MR) is 141 cm³/mol. The first-order chi connectivity index (χ1) is 13.9. The van der Waals surface area contributed by atoms with Crippen molar-refractivity contribution < 1.29 is 33.8 Å². The summed E-state index contributed by atoms with van der Waals surface area (Å²) in [6, 6.07) is 10.6. The molecule has 0 aliphatic carbocycles. The van der Waals surface area contributed by atoms with Gasteiger partial charge in [-0.05, 0) is 48.3 Å². The van der Waals surface area contributed by atoms with Crippen molar-refractivity contribution in [1.82, 2.24) is 0 Å². The molecule has 1 aromatic carbocycles. The summed E-state index contributed by atoms with van der Waals surface area (Å²) >= 11 is 2.43. The maximum absolute atomic E-state index is 2.43.